The fourth-order valence-corrected chi connectivity index (χ4v) is 4.51. The van der Waals surface area contributed by atoms with E-state index in [9.17, 15) is 5.11 Å². The number of fused-ring (bicyclic) bond motifs is 2. The monoisotopic (exact) mass is 303 g/mol. The van der Waals surface area contributed by atoms with Crippen molar-refractivity contribution in [1.82, 2.24) is 14.7 Å². The van der Waals surface area contributed by atoms with Crippen LogP contribution in [0.1, 0.15) is 5.56 Å². The number of hydrogen-bond acceptors (Lipinski definition) is 5. The lowest BCUT2D eigenvalue weighted by molar-refractivity contribution is -0.163. The molecule has 0 bridgehead atoms. The second-order valence-electron chi connectivity index (χ2n) is 7.12. The number of ether oxygens (including phenoxy) is 1. The zero-order valence-corrected chi connectivity index (χ0v) is 13.2. The van der Waals surface area contributed by atoms with E-state index in [0.29, 0.717) is 11.8 Å². The molecule has 1 aromatic rings. The molecule has 0 amide bonds. The third-order valence-corrected chi connectivity index (χ3v) is 5.34. The van der Waals surface area contributed by atoms with Gasteiger partial charge in [-0.15, -0.1) is 0 Å². The molecule has 3 heterocycles. The first kappa shape index (κ1) is 14.5. The maximum atomic E-state index is 9.95. The Kier molecular flexibility index (Phi) is 3.61. The van der Waals surface area contributed by atoms with Crippen molar-refractivity contribution < 1.29 is 9.84 Å². The molecule has 1 aromatic carbocycles. The molecule has 4 rings (SSSR count). The number of likely N-dealkylation sites (tertiary alicyclic amines) is 1. The molecule has 1 atom stereocenters. The second kappa shape index (κ2) is 5.49. The lowest BCUT2D eigenvalue weighted by Crippen LogP contribution is -2.80. The second-order valence-corrected chi connectivity index (χ2v) is 7.12. The van der Waals surface area contributed by atoms with E-state index in [1.807, 2.05) is 18.2 Å². The summed E-state index contributed by atoms with van der Waals surface area (Å²) in [6, 6.07) is 8.21. The summed E-state index contributed by atoms with van der Waals surface area (Å²) < 4.78 is 5.67. The average Bonchev–Trinajstić information content (AvgIpc) is 2.47. The van der Waals surface area contributed by atoms with Crippen LogP contribution in [0.5, 0.6) is 5.75 Å². The molecule has 5 nitrogen and oxygen atoms in total. The molecule has 5 heteroatoms. The molecule has 120 valence electrons. The van der Waals surface area contributed by atoms with E-state index < -0.39 is 0 Å². The number of phenols is 1. The molecule has 0 aromatic heterocycles. The first-order valence-corrected chi connectivity index (χ1v) is 8.19. The number of likely N-dealkylation sites (N-methyl/N-ethyl adjacent to an activating group) is 1. The fraction of sp³-hybridized carbons (Fsp3) is 0.647. The zero-order valence-electron chi connectivity index (χ0n) is 13.2. The summed E-state index contributed by atoms with van der Waals surface area (Å²) in [5, 5.41) is 9.95. The minimum atomic E-state index is 0.284. The van der Waals surface area contributed by atoms with Gasteiger partial charge in [-0.05, 0) is 13.1 Å². The van der Waals surface area contributed by atoms with Gasteiger partial charge in [-0.2, -0.15) is 0 Å². The molecular weight excluding hydrogens is 278 g/mol. The Hall–Kier alpha value is -1.14. The van der Waals surface area contributed by atoms with Crippen molar-refractivity contribution in [2.45, 2.75) is 18.1 Å². The summed E-state index contributed by atoms with van der Waals surface area (Å²) in [5.74, 6) is 0.411. The van der Waals surface area contributed by atoms with E-state index >= 15 is 0 Å². The Morgan fingerprint density at radius 2 is 2.09 bits per heavy atom. The number of para-hydroxylation sites is 1. The van der Waals surface area contributed by atoms with Gasteiger partial charge in [-0.1, -0.05) is 18.2 Å². The molecule has 3 aliphatic rings. The highest BCUT2D eigenvalue weighted by molar-refractivity contribution is 5.32. The minimum Gasteiger partial charge on any atom is -0.508 e. The molecule has 0 radical (unpaired) electrons. The van der Waals surface area contributed by atoms with Crippen LogP contribution in [0.4, 0.5) is 0 Å². The van der Waals surface area contributed by atoms with Crippen molar-refractivity contribution in [2.24, 2.45) is 0 Å². The molecule has 1 spiro atoms. The van der Waals surface area contributed by atoms with E-state index in [4.69, 9.17) is 4.74 Å². The van der Waals surface area contributed by atoms with E-state index in [2.05, 4.69) is 21.7 Å². The maximum absolute atomic E-state index is 9.95. The minimum absolute atomic E-state index is 0.284. The molecule has 3 saturated heterocycles. The molecular formula is C17H25N3O2. The van der Waals surface area contributed by atoms with Gasteiger partial charge in [0, 0.05) is 50.9 Å². The summed E-state index contributed by atoms with van der Waals surface area (Å²) in [7, 11) is 2.22. The number of morpholine rings is 1. The van der Waals surface area contributed by atoms with Crippen LogP contribution in [-0.4, -0.2) is 84.4 Å². The number of rotatable bonds is 2. The quantitative estimate of drug-likeness (QED) is 0.866. The van der Waals surface area contributed by atoms with Crippen LogP contribution in [0.25, 0.3) is 0 Å². The van der Waals surface area contributed by atoms with Crippen molar-refractivity contribution in [3.05, 3.63) is 29.8 Å². The van der Waals surface area contributed by atoms with Gasteiger partial charge in [0.15, 0.2) is 0 Å². The number of benzene rings is 1. The van der Waals surface area contributed by atoms with Crippen molar-refractivity contribution in [1.29, 1.82) is 0 Å². The smallest absolute Gasteiger partial charge is 0.120 e. The normalized spacial score (nSPS) is 29.2. The van der Waals surface area contributed by atoms with Crippen LogP contribution in [-0.2, 0) is 11.3 Å². The zero-order chi connectivity index (χ0) is 15.2. The van der Waals surface area contributed by atoms with Gasteiger partial charge in [-0.25, -0.2) is 0 Å². The molecule has 1 unspecified atom stereocenters. The number of piperazine rings is 1. The maximum Gasteiger partial charge on any atom is 0.120 e. The van der Waals surface area contributed by atoms with Crippen molar-refractivity contribution >= 4 is 0 Å². The summed E-state index contributed by atoms with van der Waals surface area (Å²) in [6.45, 7) is 8.05. The van der Waals surface area contributed by atoms with E-state index in [-0.39, 0.29) is 5.54 Å². The van der Waals surface area contributed by atoms with Crippen LogP contribution in [0.2, 0.25) is 0 Å². The Bertz CT molecular complexity index is 544. The van der Waals surface area contributed by atoms with Gasteiger partial charge in [0.25, 0.3) is 0 Å². The summed E-state index contributed by atoms with van der Waals surface area (Å²) in [6.07, 6.45) is 0. The van der Waals surface area contributed by atoms with Gasteiger partial charge in [0.1, 0.15) is 5.75 Å². The number of nitrogens with zero attached hydrogens (tertiary/aromatic N) is 3. The number of aromatic hydroxyl groups is 1. The fourth-order valence-electron chi connectivity index (χ4n) is 4.51. The highest BCUT2D eigenvalue weighted by atomic mass is 16.5. The lowest BCUT2D eigenvalue weighted by atomic mass is 9.82. The highest BCUT2D eigenvalue weighted by Crippen LogP contribution is 2.36. The van der Waals surface area contributed by atoms with Crippen molar-refractivity contribution in [3.63, 3.8) is 0 Å². The summed E-state index contributed by atoms with van der Waals surface area (Å²) in [5.41, 5.74) is 1.31. The first-order valence-electron chi connectivity index (χ1n) is 8.19. The molecule has 0 saturated carbocycles. The highest BCUT2D eigenvalue weighted by Gasteiger charge is 2.53. The summed E-state index contributed by atoms with van der Waals surface area (Å²) >= 11 is 0. The molecule has 1 N–H and O–H groups in total. The largest absolute Gasteiger partial charge is 0.508 e. The Labute approximate surface area is 132 Å². The first-order chi connectivity index (χ1) is 10.7. The molecule has 0 aliphatic carbocycles. The van der Waals surface area contributed by atoms with E-state index in [1.165, 1.54) is 0 Å². The molecule has 3 aliphatic heterocycles. The standard InChI is InChI=1S/C17H25N3O2/c1-18-9-15-10-22-7-6-20(15)17(11-18)12-19(13-17)8-14-4-2-3-5-16(14)21/h2-5,15,21H,6-13H2,1H3. The Morgan fingerprint density at radius 1 is 1.27 bits per heavy atom. The van der Waals surface area contributed by atoms with Crippen LogP contribution in [0.15, 0.2) is 24.3 Å². The third-order valence-electron chi connectivity index (χ3n) is 5.34. The van der Waals surface area contributed by atoms with E-state index in [1.54, 1.807) is 6.07 Å². The summed E-state index contributed by atoms with van der Waals surface area (Å²) in [4.78, 5) is 7.59. The third kappa shape index (κ3) is 2.42. The Balaban J connectivity index is 1.45. The SMILES string of the molecule is CN1CC2COCCN2C2(C1)CN(Cc1ccccc1O)C2. The Morgan fingerprint density at radius 3 is 2.91 bits per heavy atom. The average molecular weight is 303 g/mol. The predicted octanol–water partition coefficient (Wildman–Crippen LogP) is 0.593. The lowest BCUT2D eigenvalue weighted by Gasteiger charge is -2.63. The van der Waals surface area contributed by atoms with E-state index in [0.717, 1.165) is 58.0 Å². The topological polar surface area (TPSA) is 39.2 Å². The number of hydrogen-bond donors (Lipinski definition) is 1. The predicted molar refractivity (Wildman–Crippen MR) is 84.9 cm³/mol. The van der Waals surface area contributed by atoms with Gasteiger partial charge < -0.3 is 14.7 Å². The van der Waals surface area contributed by atoms with Gasteiger partial charge >= 0.3 is 0 Å². The van der Waals surface area contributed by atoms with Gasteiger partial charge in [0.05, 0.1) is 18.8 Å². The van der Waals surface area contributed by atoms with Gasteiger partial charge in [-0.3, -0.25) is 9.80 Å². The van der Waals surface area contributed by atoms with Crippen LogP contribution >= 0.6 is 0 Å². The molecule has 22 heavy (non-hydrogen) atoms. The van der Waals surface area contributed by atoms with Crippen LogP contribution < -0.4 is 0 Å². The van der Waals surface area contributed by atoms with Crippen LogP contribution in [0, 0.1) is 0 Å². The number of phenolic OH excluding ortho intramolecular Hbond substituents is 1. The molecule has 3 fully saturated rings. The van der Waals surface area contributed by atoms with Gasteiger partial charge in [0.2, 0.25) is 0 Å². The van der Waals surface area contributed by atoms with Crippen LogP contribution in [0.3, 0.4) is 0 Å². The van der Waals surface area contributed by atoms with Crippen molar-refractivity contribution in [2.75, 3.05) is 53.0 Å². The van der Waals surface area contributed by atoms with Crippen molar-refractivity contribution in [3.8, 4) is 5.75 Å².